The van der Waals surface area contributed by atoms with Gasteiger partial charge in [0, 0.05) is 48.0 Å². The Morgan fingerprint density at radius 2 is 1.48 bits per heavy atom. The van der Waals surface area contributed by atoms with Gasteiger partial charge in [-0.2, -0.15) is 0 Å². The number of Topliss-reactive ketones (excluding diaryl/α,β-unsaturated/α-hetero) is 2. The summed E-state index contributed by atoms with van der Waals surface area (Å²) in [5.41, 5.74) is -2.18. The number of allylic oxidation sites excluding steroid dienone is 4. The number of ether oxygens (including phenoxy) is 3. The summed E-state index contributed by atoms with van der Waals surface area (Å²) in [5, 5.41) is 55.0. The van der Waals surface area contributed by atoms with Crippen molar-refractivity contribution in [2.45, 2.75) is 175 Å². The lowest BCUT2D eigenvalue weighted by molar-refractivity contribution is -0.371. The van der Waals surface area contributed by atoms with E-state index in [1.807, 2.05) is 32.1 Å². The third-order valence-electron chi connectivity index (χ3n) is 13.4. The largest absolute Gasteiger partial charge is 0.458 e. The van der Waals surface area contributed by atoms with E-state index in [0.717, 1.165) is 19.3 Å². The lowest BCUT2D eigenvalue weighted by atomic mass is 9.74. The van der Waals surface area contributed by atoms with Gasteiger partial charge in [-0.25, -0.2) is 4.79 Å². The molecule has 0 amide bonds. The Balaban J connectivity index is 1.99. The Kier molecular flexibility index (Phi) is 17.7. The second-order valence-electron chi connectivity index (χ2n) is 18.0. The summed E-state index contributed by atoms with van der Waals surface area (Å²) in [6, 6.07) is 0. The van der Waals surface area contributed by atoms with Crippen molar-refractivity contribution >= 4 is 17.5 Å². The van der Waals surface area contributed by atoms with Crippen LogP contribution in [-0.2, 0) is 28.6 Å². The zero-order valence-corrected chi connectivity index (χ0v) is 35.8. The number of aliphatic hydroxyl groups is 5. The minimum Gasteiger partial charge on any atom is -0.458 e. The van der Waals surface area contributed by atoms with E-state index >= 15 is 0 Å². The maximum atomic E-state index is 13.5. The molecule has 0 aliphatic carbocycles. The van der Waals surface area contributed by atoms with Crippen molar-refractivity contribution in [3.05, 3.63) is 36.5 Å². The highest BCUT2D eigenvalue weighted by Gasteiger charge is 2.56. The van der Waals surface area contributed by atoms with Gasteiger partial charge >= 0.3 is 5.97 Å². The van der Waals surface area contributed by atoms with Crippen LogP contribution in [0.5, 0.6) is 0 Å². The molecule has 0 saturated carbocycles. The Morgan fingerprint density at radius 1 is 0.839 bits per heavy atom. The van der Waals surface area contributed by atoms with E-state index < -0.39 is 89.0 Å². The van der Waals surface area contributed by atoms with Gasteiger partial charge in [-0.15, -0.1) is 0 Å². The normalized spacial score (nSPS) is 46.8. The second-order valence-corrected chi connectivity index (χ2v) is 18.0. The molecule has 2 bridgehead atoms. The molecule has 2 saturated heterocycles. The van der Waals surface area contributed by atoms with Gasteiger partial charge in [0.2, 0.25) is 0 Å². The zero-order chi connectivity index (χ0) is 42.3. The lowest BCUT2D eigenvalue weighted by Crippen LogP contribution is -2.62. The number of hydrogen-bond donors (Lipinski definition) is 5. The first kappa shape index (κ1) is 48.1. The standard InChI is InChI=1S/C45H74O11/c1-12-34-17-15-13-14-16-27(4)42(51)44(11,53)43(52)32(9)40(50)31(8)39(49)30(7)38(48)26(3)18-21-37(47)54-41-29(6)35(20-19-34)55-45(33(41)10)23-22-25(2)36(56-45)24-28(5)46/h13-15,17-18,21,25-36,38,40-42,46,48,50-51,53H,12,16,19-20,22-24H2,1-11H3/b14-13+,17-15-,21-18+/t25-,26-,27+,28+,29-,30-,31-,32-,33-,34-,35+,36-,38+,40+,41-,42-,44+,45-/m1/s1. The van der Waals surface area contributed by atoms with Crippen molar-refractivity contribution in [1.29, 1.82) is 0 Å². The van der Waals surface area contributed by atoms with Crippen molar-refractivity contribution in [2.24, 2.45) is 53.3 Å². The Morgan fingerprint density at radius 3 is 2.11 bits per heavy atom. The van der Waals surface area contributed by atoms with Crippen LogP contribution in [0, 0.1) is 53.3 Å². The van der Waals surface area contributed by atoms with Crippen LogP contribution in [-0.4, -0.2) is 97.2 Å². The van der Waals surface area contributed by atoms with Gasteiger partial charge in [-0.05, 0) is 70.1 Å². The van der Waals surface area contributed by atoms with Gasteiger partial charge in [0.05, 0.1) is 36.6 Å². The van der Waals surface area contributed by atoms with Crippen LogP contribution in [0.1, 0.15) is 121 Å². The van der Waals surface area contributed by atoms with E-state index in [-0.39, 0.29) is 35.9 Å². The number of carbonyl (C=O) groups excluding carboxylic acids is 3. The highest BCUT2D eigenvalue weighted by Crippen LogP contribution is 2.49. The average molecular weight is 791 g/mol. The molecule has 5 N–H and O–H groups in total. The smallest absolute Gasteiger partial charge is 0.330 e. The minimum absolute atomic E-state index is 0.168. The molecule has 0 aromatic rings. The van der Waals surface area contributed by atoms with E-state index in [0.29, 0.717) is 25.7 Å². The van der Waals surface area contributed by atoms with E-state index in [2.05, 4.69) is 19.9 Å². The molecule has 3 heterocycles. The molecule has 0 aromatic heterocycles. The molecular weight excluding hydrogens is 716 g/mol. The van der Waals surface area contributed by atoms with Crippen molar-refractivity contribution in [1.82, 2.24) is 0 Å². The first-order valence-corrected chi connectivity index (χ1v) is 21.2. The molecule has 56 heavy (non-hydrogen) atoms. The van der Waals surface area contributed by atoms with Gasteiger partial charge in [0.1, 0.15) is 17.5 Å². The topological polar surface area (TPSA) is 180 Å². The van der Waals surface area contributed by atoms with Gasteiger partial charge < -0.3 is 39.7 Å². The molecule has 3 aliphatic rings. The first-order valence-electron chi connectivity index (χ1n) is 21.2. The molecule has 2 fully saturated rings. The highest BCUT2D eigenvalue weighted by molar-refractivity contribution is 5.91. The number of rotatable bonds is 3. The molecular formula is C45H74O11. The summed E-state index contributed by atoms with van der Waals surface area (Å²) in [5.74, 6) is -7.28. The zero-order valence-electron chi connectivity index (χ0n) is 35.8. The SMILES string of the molecule is CC[C@@H]1/C=C\C=C\C[C@H](C)[C@@H](O)[C@](C)(O)C(=O)[C@H](C)[C@@H](O)[C@H](C)C(=O)[C@H](C)[C@@H](O)[C@H](C)/C=C/C(=O)O[C@@H]2[C@H](C)[C@H](CC1)O[C@@]1(CC[C@@H](C)[C@@H](C[C@H](C)O)O1)[C@@H]2C. The number of hydrogen-bond acceptors (Lipinski definition) is 11. The molecule has 320 valence electrons. The number of carbonyl (C=O) groups is 3. The fourth-order valence-corrected chi connectivity index (χ4v) is 9.01. The van der Waals surface area contributed by atoms with Gasteiger partial charge in [-0.3, -0.25) is 9.59 Å². The fourth-order valence-electron chi connectivity index (χ4n) is 9.01. The van der Waals surface area contributed by atoms with Crippen LogP contribution >= 0.6 is 0 Å². The summed E-state index contributed by atoms with van der Waals surface area (Å²) < 4.78 is 20.0. The summed E-state index contributed by atoms with van der Waals surface area (Å²) in [4.78, 5) is 40.5. The van der Waals surface area contributed by atoms with Crippen LogP contribution in [0.15, 0.2) is 36.5 Å². The third kappa shape index (κ3) is 11.5. The summed E-state index contributed by atoms with van der Waals surface area (Å²) in [7, 11) is 0. The molecule has 1 spiro atoms. The third-order valence-corrected chi connectivity index (χ3v) is 13.4. The van der Waals surface area contributed by atoms with E-state index in [4.69, 9.17) is 14.2 Å². The second kappa shape index (κ2) is 20.6. The Bertz CT molecular complexity index is 1390. The number of aliphatic hydroxyl groups excluding tert-OH is 4. The van der Waals surface area contributed by atoms with Gasteiger partial charge in [-0.1, -0.05) is 92.7 Å². The molecule has 3 aliphatic heterocycles. The number of esters is 1. The van der Waals surface area contributed by atoms with E-state index in [9.17, 15) is 39.9 Å². The maximum absolute atomic E-state index is 13.5. The Labute approximate surface area is 336 Å². The minimum atomic E-state index is -2.18. The average Bonchev–Trinajstić information content (AvgIpc) is 3.16. The van der Waals surface area contributed by atoms with Crippen LogP contribution in [0.25, 0.3) is 0 Å². The summed E-state index contributed by atoms with van der Waals surface area (Å²) in [6.07, 6.45) is 9.62. The lowest BCUT2D eigenvalue weighted by Gasteiger charge is -2.55. The molecule has 11 nitrogen and oxygen atoms in total. The van der Waals surface area contributed by atoms with E-state index in [1.54, 1.807) is 20.8 Å². The number of fused-ring (bicyclic) bond motifs is 2. The van der Waals surface area contributed by atoms with Crippen molar-refractivity contribution in [2.75, 3.05) is 0 Å². The maximum Gasteiger partial charge on any atom is 0.330 e. The predicted molar refractivity (Wildman–Crippen MR) is 215 cm³/mol. The molecule has 11 heteroatoms. The predicted octanol–water partition coefficient (Wildman–Crippen LogP) is 5.88. The van der Waals surface area contributed by atoms with Gasteiger partial charge in [0.25, 0.3) is 0 Å². The molecule has 3 rings (SSSR count). The van der Waals surface area contributed by atoms with Crippen molar-refractivity contribution < 1.29 is 54.1 Å². The number of ketones is 2. The van der Waals surface area contributed by atoms with Crippen LogP contribution < -0.4 is 0 Å². The quantitative estimate of drug-likeness (QED) is 0.216. The Hall–Kier alpha value is -2.25. The molecule has 18 atom stereocenters. The summed E-state index contributed by atoms with van der Waals surface area (Å²) in [6.45, 7) is 19.1. The first-order chi connectivity index (χ1) is 26.1. The van der Waals surface area contributed by atoms with Crippen molar-refractivity contribution in [3.63, 3.8) is 0 Å². The highest BCUT2D eigenvalue weighted by atomic mass is 16.7. The monoisotopic (exact) mass is 791 g/mol. The van der Waals surface area contributed by atoms with Crippen molar-refractivity contribution in [3.8, 4) is 0 Å². The molecule has 0 unspecified atom stereocenters. The fraction of sp³-hybridized carbons (Fsp3) is 0.800. The summed E-state index contributed by atoms with van der Waals surface area (Å²) >= 11 is 0. The van der Waals surface area contributed by atoms with Crippen LogP contribution in [0.4, 0.5) is 0 Å². The molecule has 0 aromatic carbocycles. The van der Waals surface area contributed by atoms with Gasteiger partial charge in [0.15, 0.2) is 11.6 Å². The van der Waals surface area contributed by atoms with Crippen LogP contribution in [0.3, 0.4) is 0 Å². The van der Waals surface area contributed by atoms with Crippen LogP contribution in [0.2, 0.25) is 0 Å². The van der Waals surface area contributed by atoms with E-state index in [1.165, 1.54) is 39.8 Å². The molecule has 0 radical (unpaired) electrons.